The van der Waals surface area contributed by atoms with Crippen molar-refractivity contribution in [1.29, 1.82) is 0 Å². The van der Waals surface area contributed by atoms with Gasteiger partial charge >= 0.3 is 0 Å². The molecule has 2 N–H and O–H groups in total. The number of Topliss-reactive ketones (excluding diaryl/α,β-unsaturated/α-hetero) is 1. The Hall–Kier alpha value is -2.89. The second kappa shape index (κ2) is 5.72. The highest BCUT2D eigenvalue weighted by atomic mass is 16.5. The van der Waals surface area contributed by atoms with Crippen LogP contribution in [0.25, 0.3) is 0 Å². The zero-order chi connectivity index (χ0) is 16.6. The first-order chi connectivity index (χ1) is 11.0. The van der Waals surface area contributed by atoms with E-state index >= 15 is 0 Å². The molecule has 2 aromatic carbocycles. The second-order valence-electron chi connectivity index (χ2n) is 5.19. The Bertz CT molecular complexity index is 743. The smallest absolute Gasteiger partial charge is 0.200 e. The van der Waals surface area contributed by atoms with E-state index in [-0.39, 0.29) is 35.2 Å². The van der Waals surface area contributed by atoms with Gasteiger partial charge in [-0.25, -0.2) is 0 Å². The number of phenolic OH excluding ortho intramolecular Hbond substituents is 2. The Balaban J connectivity index is 2.02. The van der Waals surface area contributed by atoms with Gasteiger partial charge in [0, 0.05) is 11.6 Å². The lowest BCUT2D eigenvalue weighted by Gasteiger charge is -2.26. The molecule has 0 saturated heterocycles. The molecule has 3 rings (SSSR count). The number of ketones is 1. The topological polar surface area (TPSA) is 85.2 Å². The molecule has 6 nitrogen and oxygen atoms in total. The van der Waals surface area contributed by atoms with Crippen LogP contribution in [-0.4, -0.2) is 30.2 Å². The minimum atomic E-state index is -0.555. The molecule has 6 heteroatoms. The Labute approximate surface area is 132 Å². The van der Waals surface area contributed by atoms with Gasteiger partial charge in [-0.15, -0.1) is 0 Å². The van der Waals surface area contributed by atoms with Gasteiger partial charge in [-0.05, 0) is 24.3 Å². The Morgan fingerprint density at radius 2 is 1.74 bits per heavy atom. The summed E-state index contributed by atoms with van der Waals surface area (Å²) < 4.78 is 16.1. The number of benzene rings is 2. The molecular weight excluding hydrogens is 300 g/mol. The molecule has 0 spiro atoms. The lowest BCUT2D eigenvalue weighted by molar-refractivity contribution is 0.0849. The summed E-state index contributed by atoms with van der Waals surface area (Å²) in [7, 11) is 2.86. The summed E-state index contributed by atoms with van der Waals surface area (Å²) in [5.41, 5.74) is 1.08. The number of fused-ring (bicyclic) bond motifs is 1. The predicted molar refractivity (Wildman–Crippen MR) is 81.6 cm³/mol. The molecule has 0 fully saturated rings. The zero-order valence-corrected chi connectivity index (χ0v) is 12.7. The third-order valence-electron chi connectivity index (χ3n) is 3.78. The number of aromatic hydroxyl groups is 2. The Morgan fingerprint density at radius 3 is 2.35 bits per heavy atom. The lowest BCUT2D eigenvalue weighted by atomic mass is 9.95. The number of methoxy groups -OCH3 is 2. The third-order valence-corrected chi connectivity index (χ3v) is 3.78. The predicted octanol–water partition coefficient (Wildman–Crippen LogP) is 2.82. The van der Waals surface area contributed by atoms with E-state index in [1.807, 2.05) is 0 Å². The second-order valence-corrected chi connectivity index (χ2v) is 5.19. The number of hydrogen-bond acceptors (Lipinski definition) is 6. The summed E-state index contributed by atoms with van der Waals surface area (Å²) in [6.45, 7) is 0. The van der Waals surface area contributed by atoms with Crippen LogP contribution in [0, 0.1) is 0 Å². The Morgan fingerprint density at radius 1 is 1.09 bits per heavy atom. The summed E-state index contributed by atoms with van der Waals surface area (Å²) in [5.74, 6) is 0.630. The van der Waals surface area contributed by atoms with Crippen molar-refractivity contribution in [1.82, 2.24) is 0 Å². The van der Waals surface area contributed by atoms with E-state index in [0.717, 1.165) is 0 Å². The molecule has 1 atom stereocenters. The molecule has 0 saturated carbocycles. The third kappa shape index (κ3) is 2.63. The van der Waals surface area contributed by atoms with E-state index in [2.05, 4.69) is 0 Å². The fourth-order valence-electron chi connectivity index (χ4n) is 2.60. The van der Waals surface area contributed by atoms with E-state index in [1.54, 1.807) is 18.2 Å². The van der Waals surface area contributed by atoms with Crippen LogP contribution in [0.2, 0.25) is 0 Å². The molecule has 1 aliphatic rings. The highest BCUT2D eigenvalue weighted by Crippen LogP contribution is 2.42. The highest BCUT2D eigenvalue weighted by molar-refractivity contribution is 6.00. The molecule has 120 valence electrons. The van der Waals surface area contributed by atoms with Gasteiger partial charge in [-0.1, -0.05) is 0 Å². The monoisotopic (exact) mass is 316 g/mol. The van der Waals surface area contributed by atoms with Crippen LogP contribution in [0.4, 0.5) is 0 Å². The van der Waals surface area contributed by atoms with Crippen LogP contribution in [-0.2, 0) is 0 Å². The van der Waals surface area contributed by atoms with Crippen LogP contribution in [0.3, 0.4) is 0 Å². The van der Waals surface area contributed by atoms with Gasteiger partial charge in [0.05, 0.1) is 26.2 Å². The summed E-state index contributed by atoms with van der Waals surface area (Å²) >= 11 is 0. The molecule has 23 heavy (non-hydrogen) atoms. The van der Waals surface area contributed by atoms with Crippen molar-refractivity contribution in [2.24, 2.45) is 0 Å². The van der Waals surface area contributed by atoms with Crippen LogP contribution in [0.1, 0.15) is 28.4 Å². The van der Waals surface area contributed by atoms with Crippen LogP contribution in [0.5, 0.6) is 28.7 Å². The maximum Gasteiger partial charge on any atom is 0.200 e. The van der Waals surface area contributed by atoms with Crippen molar-refractivity contribution in [2.45, 2.75) is 12.5 Å². The average molecular weight is 316 g/mol. The Kier molecular flexibility index (Phi) is 3.73. The fraction of sp³-hybridized carbons (Fsp3) is 0.235. The first-order valence-corrected chi connectivity index (χ1v) is 7.01. The summed E-state index contributed by atoms with van der Waals surface area (Å²) in [5, 5.41) is 19.5. The fourth-order valence-corrected chi connectivity index (χ4v) is 2.60. The van der Waals surface area contributed by atoms with Gasteiger partial charge in [0.2, 0.25) is 5.75 Å². The molecule has 2 aromatic rings. The van der Waals surface area contributed by atoms with Gasteiger partial charge < -0.3 is 24.4 Å². The van der Waals surface area contributed by atoms with E-state index in [1.165, 1.54) is 26.4 Å². The molecule has 1 heterocycles. The van der Waals surface area contributed by atoms with Crippen LogP contribution in [0.15, 0.2) is 30.3 Å². The standard InChI is InChI=1S/C17H16O6/c1-21-15-5-9(6-16(22-2)17(15)20)13-8-12(19)11-4-3-10(18)7-14(11)23-13/h3-7,13,18,20H,8H2,1-2H3. The lowest BCUT2D eigenvalue weighted by Crippen LogP contribution is -2.20. The van der Waals surface area contributed by atoms with Gasteiger partial charge in [-0.3, -0.25) is 4.79 Å². The summed E-state index contributed by atoms with van der Waals surface area (Å²) in [6.07, 6.45) is -0.408. The molecular formula is C17H16O6. The molecule has 0 bridgehead atoms. The van der Waals surface area contributed by atoms with Crippen molar-refractivity contribution in [3.05, 3.63) is 41.5 Å². The summed E-state index contributed by atoms with van der Waals surface area (Å²) in [4.78, 5) is 12.3. The van der Waals surface area contributed by atoms with Gasteiger partial charge in [0.15, 0.2) is 17.3 Å². The maximum absolute atomic E-state index is 12.3. The number of carbonyl (C=O) groups is 1. The normalized spacial score (nSPS) is 16.4. The molecule has 1 aliphatic heterocycles. The van der Waals surface area contributed by atoms with E-state index < -0.39 is 6.10 Å². The number of carbonyl (C=O) groups excluding carboxylic acids is 1. The van der Waals surface area contributed by atoms with Gasteiger partial charge in [0.1, 0.15) is 17.6 Å². The highest BCUT2D eigenvalue weighted by Gasteiger charge is 2.29. The molecule has 0 amide bonds. The van der Waals surface area contributed by atoms with Crippen LogP contribution >= 0.6 is 0 Å². The number of phenols is 2. The zero-order valence-electron chi connectivity index (χ0n) is 12.7. The SMILES string of the molecule is COc1cc(C2CC(=O)c3ccc(O)cc3O2)cc(OC)c1O. The van der Waals surface area contributed by atoms with E-state index in [4.69, 9.17) is 14.2 Å². The quantitative estimate of drug-likeness (QED) is 0.905. The summed E-state index contributed by atoms with van der Waals surface area (Å²) in [6, 6.07) is 7.61. The van der Waals surface area contributed by atoms with Crippen LogP contribution < -0.4 is 14.2 Å². The maximum atomic E-state index is 12.3. The van der Waals surface area contributed by atoms with Gasteiger partial charge in [0.25, 0.3) is 0 Å². The van der Waals surface area contributed by atoms with Crippen molar-refractivity contribution in [3.63, 3.8) is 0 Å². The van der Waals surface area contributed by atoms with E-state index in [0.29, 0.717) is 16.9 Å². The number of rotatable bonds is 3. The van der Waals surface area contributed by atoms with Crippen molar-refractivity contribution in [2.75, 3.05) is 14.2 Å². The number of ether oxygens (including phenoxy) is 3. The van der Waals surface area contributed by atoms with Gasteiger partial charge in [-0.2, -0.15) is 0 Å². The first kappa shape index (κ1) is 15.0. The molecule has 0 aromatic heterocycles. The minimum Gasteiger partial charge on any atom is -0.508 e. The average Bonchev–Trinajstić information content (AvgIpc) is 2.54. The molecule has 1 unspecified atom stereocenters. The number of hydrogen-bond donors (Lipinski definition) is 2. The largest absolute Gasteiger partial charge is 0.508 e. The molecule has 0 radical (unpaired) electrons. The van der Waals surface area contributed by atoms with E-state index in [9.17, 15) is 15.0 Å². The van der Waals surface area contributed by atoms with Crippen molar-refractivity contribution < 1.29 is 29.2 Å². The van der Waals surface area contributed by atoms with Crippen molar-refractivity contribution in [3.8, 4) is 28.7 Å². The van der Waals surface area contributed by atoms with Crippen molar-refractivity contribution >= 4 is 5.78 Å². The minimum absolute atomic E-state index is 0.0260. The molecule has 0 aliphatic carbocycles. The first-order valence-electron chi connectivity index (χ1n) is 7.01.